The van der Waals surface area contributed by atoms with Crippen LogP contribution in [0.3, 0.4) is 0 Å². The molecule has 4 heterocycles. The van der Waals surface area contributed by atoms with Crippen LogP contribution in [0, 0.1) is 0 Å². The van der Waals surface area contributed by atoms with Gasteiger partial charge in [0.1, 0.15) is 23.1 Å². The third-order valence-electron chi connectivity index (χ3n) is 5.08. The van der Waals surface area contributed by atoms with E-state index in [1.54, 1.807) is 53.1 Å². The molecule has 8 nitrogen and oxygen atoms in total. The first-order valence-corrected chi connectivity index (χ1v) is 13.1. The largest absolute Gasteiger partial charge is 0.496 e. The number of hydrogen-bond donors (Lipinski definition) is 0. The lowest BCUT2D eigenvalue weighted by Gasteiger charge is -2.07. The molecule has 0 saturated heterocycles. The quantitative estimate of drug-likeness (QED) is 0.242. The molecule has 0 radical (unpaired) electrons. The van der Waals surface area contributed by atoms with Crippen LogP contribution in [-0.2, 0) is 6.61 Å². The second-order valence-corrected chi connectivity index (χ2v) is 10.1. The van der Waals surface area contributed by atoms with Gasteiger partial charge in [-0.1, -0.05) is 53.4 Å². The van der Waals surface area contributed by atoms with Crippen LogP contribution < -0.4 is 9.47 Å². The Morgan fingerprint density at radius 2 is 2.03 bits per heavy atom. The van der Waals surface area contributed by atoms with Gasteiger partial charge in [-0.05, 0) is 6.26 Å². The number of nitrogens with zero attached hydrogens (tertiary/aromatic N) is 5. The van der Waals surface area contributed by atoms with E-state index in [-0.39, 0.29) is 0 Å². The number of imidazole rings is 1. The van der Waals surface area contributed by atoms with Crippen molar-refractivity contribution in [3.63, 3.8) is 0 Å². The van der Waals surface area contributed by atoms with Crippen molar-refractivity contribution in [3.8, 4) is 33.7 Å². The van der Waals surface area contributed by atoms with Gasteiger partial charge in [-0.2, -0.15) is 4.52 Å². The molecule has 0 amide bonds. The maximum absolute atomic E-state index is 6.14. The predicted molar refractivity (Wildman–Crippen MR) is 134 cm³/mol. The van der Waals surface area contributed by atoms with Crippen LogP contribution in [0.15, 0.2) is 62.8 Å². The molecule has 0 aliphatic heterocycles. The molecule has 0 aliphatic carbocycles. The molecular weight excluding hydrogens is 490 g/mol. The van der Waals surface area contributed by atoms with Gasteiger partial charge in [0.15, 0.2) is 21.2 Å². The summed E-state index contributed by atoms with van der Waals surface area (Å²) in [4.78, 5) is 14.6. The summed E-state index contributed by atoms with van der Waals surface area (Å²) in [7, 11) is 1.61. The van der Waals surface area contributed by atoms with Crippen molar-refractivity contribution in [1.29, 1.82) is 0 Å². The number of rotatable bonds is 7. The molecule has 0 saturated carbocycles. The summed E-state index contributed by atoms with van der Waals surface area (Å²) in [5, 5.41) is 7.53. The summed E-state index contributed by atoms with van der Waals surface area (Å²) in [5.74, 6) is 1.59. The van der Waals surface area contributed by atoms with Crippen LogP contribution in [-0.4, -0.2) is 37.9 Å². The average Bonchev–Trinajstić information content (AvgIpc) is 3.65. The highest BCUT2D eigenvalue weighted by Crippen LogP contribution is 2.36. The van der Waals surface area contributed by atoms with Gasteiger partial charge in [0, 0.05) is 23.1 Å². The average molecular weight is 508 g/mol. The van der Waals surface area contributed by atoms with Crippen molar-refractivity contribution in [2.45, 2.75) is 10.9 Å². The second kappa shape index (κ2) is 8.75. The molecular formula is C23H17N5O3S3. The number of thioether (sulfide) groups is 1. The van der Waals surface area contributed by atoms with E-state index in [4.69, 9.17) is 23.9 Å². The maximum Gasteiger partial charge on any atom is 0.248 e. The zero-order valence-corrected chi connectivity index (χ0v) is 20.5. The molecule has 0 N–H and O–H groups in total. The van der Waals surface area contributed by atoms with Crippen LogP contribution in [0.25, 0.3) is 38.2 Å². The van der Waals surface area contributed by atoms with Crippen molar-refractivity contribution in [2.24, 2.45) is 0 Å². The van der Waals surface area contributed by atoms with Gasteiger partial charge in [0.05, 0.1) is 19.0 Å². The Kier molecular flexibility index (Phi) is 5.44. The standard InChI is InChI=1S/C23H17N5O3S3/c1-29-15-8-17(30-11-14-12-33-21(25-14)13-6-4-3-5-7-13)19-18(9-15)31-20(26-19)16-10-24-22-28(16)27-23(32-2)34-22/h3-10,12H,11H2,1-2H3. The summed E-state index contributed by atoms with van der Waals surface area (Å²) in [6.45, 7) is 0.299. The van der Waals surface area contributed by atoms with Gasteiger partial charge in [-0.3, -0.25) is 0 Å². The zero-order chi connectivity index (χ0) is 23.1. The third-order valence-corrected chi connectivity index (χ3v) is 7.92. The number of benzene rings is 2. The third kappa shape index (κ3) is 3.81. The van der Waals surface area contributed by atoms with Gasteiger partial charge in [-0.25, -0.2) is 15.0 Å². The molecule has 6 aromatic rings. The Morgan fingerprint density at radius 1 is 1.15 bits per heavy atom. The number of thiazole rings is 1. The highest BCUT2D eigenvalue weighted by atomic mass is 32.2. The SMILES string of the molecule is COc1cc(OCc2csc(-c3ccccc3)n2)c2nc(-c3cnc4sc(SC)nn34)oc2c1. The Hall–Kier alpha value is -3.41. The van der Waals surface area contributed by atoms with Crippen LogP contribution in [0.2, 0.25) is 0 Å². The number of aromatic nitrogens is 5. The Bertz CT molecular complexity index is 1600. The van der Waals surface area contributed by atoms with Crippen LogP contribution in [0.1, 0.15) is 5.69 Å². The lowest BCUT2D eigenvalue weighted by Crippen LogP contribution is -1.97. The molecule has 6 rings (SSSR count). The fraction of sp³-hybridized carbons (Fsp3) is 0.130. The highest BCUT2D eigenvalue weighted by Gasteiger charge is 2.20. The van der Waals surface area contributed by atoms with Crippen molar-refractivity contribution in [1.82, 2.24) is 24.6 Å². The Labute approximate surface area is 206 Å². The van der Waals surface area contributed by atoms with Gasteiger partial charge in [0.25, 0.3) is 0 Å². The van der Waals surface area contributed by atoms with Crippen LogP contribution in [0.4, 0.5) is 0 Å². The lowest BCUT2D eigenvalue weighted by atomic mass is 10.2. The fourth-order valence-corrected chi connectivity index (χ4v) is 5.59. The topological polar surface area (TPSA) is 87.6 Å². The smallest absolute Gasteiger partial charge is 0.248 e. The van der Waals surface area contributed by atoms with Crippen molar-refractivity contribution < 1.29 is 13.9 Å². The summed E-state index contributed by atoms with van der Waals surface area (Å²) in [6.07, 6.45) is 3.70. The van der Waals surface area contributed by atoms with Gasteiger partial charge in [0.2, 0.25) is 10.9 Å². The lowest BCUT2D eigenvalue weighted by molar-refractivity contribution is 0.303. The molecule has 0 bridgehead atoms. The fourth-order valence-electron chi connectivity index (χ4n) is 3.45. The summed E-state index contributed by atoms with van der Waals surface area (Å²) < 4.78 is 20.3. The summed E-state index contributed by atoms with van der Waals surface area (Å²) in [6, 6.07) is 13.7. The van der Waals surface area contributed by atoms with E-state index in [1.165, 1.54) is 11.3 Å². The maximum atomic E-state index is 6.14. The van der Waals surface area contributed by atoms with Gasteiger partial charge >= 0.3 is 0 Å². The van der Waals surface area contributed by atoms with Crippen molar-refractivity contribution in [2.75, 3.05) is 13.4 Å². The molecule has 4 aromatic heterocycles. The monoisotopic (exact) mass is 507 g/mol. The molecule has 34 heavy (non-hydrogen) atoms. The number of ether oxygens (including phenoxy) is 2. The molecule has 170 valence electrons. The molecule has 0 fully saturated rings. The number of hydrogen-bond acceptors (Lipinski definition) is 10. The van der Waals surface area contributed by atoms with E-state index in [9.17, 15) is 0 Å². The molecule has 0 atom stereocenters. The Morgan fingerprint density at radius 3 is 2.85 bits per heavy atom. The number of fused-ring (bicyclic) bond motifs is 2. The first-order valence-electron chi connectivity index (χ1n) is 10.2. The second-order valence-electron chi connectivity index (χ2n) is 7.20. The molecule has 11 heteroatoms. The van der Waals surface area contributed by atoms with Gasteiger partial charge in [-0.15, -0.1) is 16.4 Å². The summed E-state index contributed by atoms with van der Waals surface area (Å²) >= 11 is 4.68. The molecule has 0 spiro atoms. The first-order chi connectivity index (χ1) is 16.7. The molecule has 0 unspecified atom stereocenters. The number of methoxy groups -OCH3 is 1. The minimum Gasteiger partial charge on any atom is -0.496 e. The zero-order valence-electron chi connectivity index (χ0n) is 18.1. The first kappa shape index (κ1) is 21.1. The highest BCUT2D eigenvalue weighted by molar-refractivity contribution is 8.00. The normalized spacial score (nSPS) is 11.5. The minimum atomic E-state index is 0.299. The van der Waals surface area contributed by atoms with E-state index in [0.29, 0.717) is 40.8 Å². The van der Waals surface area contributed by atoms with Crippen LogP contribution in [0.5, 0.6) is 11.5 Å². The summed E-state index contributed by atoms with van der Waals surface area (Å²) in [5.41, 5.74) is 3.77. The molecule has 2 aromatic carbocycles. The van der Waals surface area contributed by atoms with Crippen molar-refractivity contribution >= 4 is 50.5 Å². The van der Waals surface area contributed by atoms with E-state index < -0.39 is 0 Å². The van der Waals surface area contributed by atoms with E-state index in [0.717, 1.165) is 25.6 Å². The van der Waals surface area contributed by atoms with Crippen LogP contribution >= 0.6 is 34.4 Å². The van der Waals surface area contributed by atoms with E-state index in [2.05, 4.69) is 10.1 Å². The van der Waals surface area contributed by atoms with Gasteiger partial charge < -0.3 is 13.9 Å². The predicted octanol–water partition coefficient (Wildman–Crippen LogP) is 6.03. The number of oxazole rings is 1. The van der Waals surface area contributed by atoms with E-state index >= 15 is 0 Å². The Balaban J connectivity index is 1.33. The van der Waals surface area contributed by atoms with Crippen molar-refractivity contribution in [3.05, 3.63) is 59.7 Å². The van der Waals surface area contributed by atoms with E-state index in [1.807, 2.05) is 42.0 Å². The minimum absolute atomic E-state index is 0.299. The molecule has 0 aliphatic rings.